The van der Waals surface area contributed by atoms with E-state index in [4.69, 9.17) is 11.6 Å². The van der Waals surface area contributed by atoms with Crippen LogP contribution in [0.2, 0.25) is 5.02 Å². The Kier molecular flexibility index (Phi) is 7.82. The number of aryl methyl sites for hydroxylation is 1. The van der Waals surface area contributed by atoms with Crippen LogP contribution in [-0.4, -0.2) is 21.8 Å². The molecule has 7 heteroatoms. The summed E-state index contributed by atoms with van der Waals surface area (Å²) in [5, 5.41) is 11.0. The van der Waals surface area contributed by atoms with Crippen molar-refractivity contribution in [2.45, 2.75) is 30.9 Å². The highest BCUT2D eigenvalue weighted by atomic mass is 35.5. The number of carboxylic acid groups (broad SMARTS) is 1. The lowest BCUT2D eigenvalue weighted by Crippen LogP contribution is -2.18. The summed E-state index contributed by atoms with van der Waals surface area (Å²) in [5.74, 6) is -1.95. The Morgan fingerprint density at radius 1 is 1.03 bits per heavy atom. The maximum absolute atomic E-state index is 13.7. The summed E-state index contributed by atoms with van der Waals surface area (Å²) in [6.07, 6.45) is 6.85. The van der Waals surface area contributed by atoms with Gasteiger partial charge in [-0.1, -0.05) is 66.2 Å². The number of hydrogen-bond acceptors (Lipinski definition) is 3. The van der Waals surface area contributed by atoms with E-state index in [0.717, 1.165) is 59.5 Å². The van der Waals surface area contributed by atoms with Crippen LogP contribution in [0.25, 0.3) is 23.1 Å². The third-order valence-electron chi connectivity index (χ3n) is 6.98. The Labute approximate surface area is 229 Å². The summed E-state index contributed by atoms with van der Waals surface area (Å²) in [7, 11) is 0. The van der Waals surface area contributed by atoms with Crippen molar-refractivity contribution in [2.24, 2.45) is 5.41 Å². The average Bonchev–Trinajstić information content (AvgIpc) is 3.71. The van der Waals surface area contributed by atoms with Gasteiger partial charge in [-0.15, -0.1) is 0 Å². The lowest BCUT2D eigenvalue weighted by atomic mass is 10.0. The van der Waals surface area contributed by atoms with Crippen molar-refractivity contribution in [1.82, 2.24) is 4.98 Å². The Morgan fingerprint density at radius 3 is 2.58 bits per heavy atom. The summed E-state index contributed by atoms with van der Waals surface area (Å²) in [6, 6.07) is 21.7. The predicted molar refractivity (Wildman–Crippen MR) is 151 cm³/mol. The number of fused-ring (bicyclic) bond motifs is 1. The van der Waals surface area contributed by atoms with Gasteiger partial charge in [-0.25, -0.2) is 13.8 Å². The first-order valence-corrected chi connectivity index (χ1v) is 13.9. The Hall–Kier alpha value is -3.22. The number of aromatic nitrogens is 1. The van der Waals surface area contributed by atoms with Crippen LogP contribution >= 0.6 is 23.4 Å². The van der Waals surface area contributed by atoms with Crippen molar-refractivity contribution in [3.8, 4) is 0 Å². The molecule has 1 aromatic heterocycles. The molecule has 0 bridgehead atoms. The summed E-state index contributed by atoms with van der Waals surface area (Å²) in [6.45, 7) is 0. The van der Waals surface area contributed by atoms with Crippen molar-refractivity contribution in [3.63, 3.8) is 0 Å². The first-order valence-electron chi connectivity index (χ1n) is 12.5. The molecule has 0 amide bonds. The second-order valence-electron chi connectivity index (χ2n) is 9.71. The standard InChI is InChI=1S/C31H26ClF2NO2S/c32-25-7-2-1-5-21(25)10-13-29(38-19-31(14-15-31)30(36)37)23-6-3-4-20(16-23)8-11-24-12-9-22-17-26(33)27(34)18-28(22)35-24/h1-9,11-12,16-18,29H,10,13-15,19H2,(H,36,37)/b11-8+/t29-/m1/s1. The Bertz CT molecular complexity index is 1520. The van der Waals surface area contributed by atoms with E-state index in [1.54, 1.807) is 23.9 Å². The second kappa shape index (κ2) is 11.3. The summed E-state index contributed by atoms with van der Waals surface area (Å²) < 4.78 is 27.2. The molecule has 0 saturated heterocycles. The van der Waals surface area contributed by atoms with E-state index in [0.29, 0.717) is 22.3 Å². The van der Waals surface area contributed by atoms with Gasteiger partial charge in [-0.2, -0.15) is 11.8 Å². The smallest absolute Gasteiger partial charge is 0.310 e. The highest BCUT2D eigenvalue weighted by Gasteiger charge is 2.50. The van der Waals surface area contributed by atoms with Crippen molar-refractivity contribution < 1.29 is 18.7 Å². The number of thioether (sulfide) groups is 1. The van der Waals surface area contributed by atoms with Crippen molar-refractivity contribution in [2.75, 3.05) is 5.75 Å². The normalized spacial score (nSPS) is 15.1. The molecule has 0 aliphatic heterocycles. The fourth-order valence-electron chi connectivity index (χ4n) is 4.44. The molecule has 1 atom stereocenters. The Morgan fingerprint density at radius 2 is 1.82 bits per heavy atom. The number of nitrogens with zero attached hydrogens (tertiary/aromatic N) is 1. The molecular weight excluding hydrogens is 524 g/mol. The molecule has 1 fully saturated rings. The molecule has 1 N–H and O–H groups in total. The zero-order valence-corrected chi connectivity index (χ0v) is 22.1. The first kappa shape index (κ1) is 26.4. The van der Waals surface area contributed by atoms with Crippen LogP contribution in [0, 0.1) is 17.0 Å². The van der Waals surface area contributed by atoms with E-state index in [1.165, 1.54) is 0 Å². The molecule has 0 radical (unpaired) electrons. The second-order valence-corrected chi connectivity index (χ2v) is 11.3. The van der Waals surface area contributed by atoms with Crippen LogP contribution in [0.4, 0.5) is 8.78 Å². The molecule has 1 aliphatic carbocycles. The fraction of sp³-hybridized carbons (Fsp3) is 0.226. The van der Waals surface area contributed by atoms with E-state index in [1.807, 2.05) is 48.6 Å². The van der Waals surface area contributed by atoms with Gasteiger partial charge < -0.3 is 5.11 Å². The number of aliphatic carboxylic acids is 1. The highest BCUT2D eigenvalue weighted by Crippen LogP contribution is 2.51. The van der Waals surface area contributed by atoms with Crippen molar-refractivity contribution in [3.05, 3.63) is 112 Å². The van der Waals surface area contributed by atoms with E-state index in [2.05, 4.69) is 17.1 Å². The number of carboxylic acids is 1. The molecule has 1 saturated carbocycles. The lowest BCUT2D eigenvalue weighted by Gasteiger charge is -2.20. The van der Waals surface area contributed by atoms with Gasteiger partial charge >= 0.3 is 5.97 Å². The molecule has 1 aliphatic rings. The molecule has 4 aromatic rings. The third kappa shape index (κ3) is 6.08. The van der Waals surface area contributed by atoms with E-state index < -0.39 is 23.0 Å². The Balaban J connectivity index is 1.36. The monoisotopic (exact) mass is 549 g/mol. The molecule has 3 nitrogen and oxygen atoms in total. The van der Waals surface area contributed by atoms with Gasteiger partial charge in [-0.05, 0) is 66.6 Å². The predicted octanol–water partition coefficient (Wildman–Crippen LogP) is 8.61. The van der Waals surface area contributed by atoms with Crippen LogP contribution in [-0.2, 0) is 11.2 Å². The van der Waals surface area contributed by atoms with Gasteiger partial charge in [0.15, 0.2) is 11.6 Å². The zero-order chi connectivity index (χ0) is 26.7. The van der Waals surface area contributed by atoms with Crippen molar-refractivity contribution >= 4 is 52.4 Å². The quantitative estimate of drug-likeness (QED) is 0.215. The number of rotatable bonds is 10. The first-order chi connectivity index (χ1) is 18.3. The fourth-order valence-corrected chi connectivity index (χ4v) is 6.22. The van der Waals surface area contributed by atoms with Gasteiger partial charge in [0.2, 0.25) is 0 Å². The molecule has 38 heavy (non-hydrogen) atoms. The highest BCUT2D eigenvalue weighted by molar-refractivity contribution is 7.99. The molecular formula is C31H26ClF2NO2S. The van der Waals surface area contributed by atoms with Crippen LogP contribution in [0.3, 0.4) is 0 Å². The van der Waals surface area contributed by atoms with Crippen LogP contribution in [0.5, 0.6) is 0 Å². The van der Waals surface area contributed by atoms with Crippen molar-refractivity contribution in [1.29, 1.82) is 0 Å². The molecule has 1 heterocycles. The minimum absolute atomic E-state index is 0.105. The number of benzene rings is 3. The van der Waals surface area contributed by atoms with Crippen LogP contribution in [0.1, 0.15) is 46.9 Å². The summed E-state index contributed by atoms with van der Waals surface area (Å²) >= 11 is 8.09. The molecule has 0 spiro atoms. The number of pyridine rings is 1. The van der Waals surface area contributed by atoms with E-state index in [-0.39, 0.29) is 5.25 Å². The van der Waals surface area contributed by atoms with E-state index in [9.17, 15) is 18.7 Å². The molecule has 194 valence electrons. The molecule has 5 rings (SSSR count). The number of halogens is 3. The van der Waals surface area contributed by atoms with Gasteiger partial charge in [0.25, 0.3) is 0 Å². The molecule has 0 unspecified atom stereocenters. The van der Waals surface area contributed by atoms with Crippen LogP contribution in [0.15, 0.2) is 72.8 Å². The maximum atomic E-state index is 13.7. The lowest BCUT2D eigenvalue weighted by molar-refractivity contribution is -0.142. The minimum atomic E-state index is -0.921. The number of carbonyl (C=O) groups is 1. The number of hydrogen-bond donors (Lipinski definition) is 1. The summed E-state index contributed by atoms with van der Waals surface area (Å²) in [5.41, 5.74) is 3.59. The van der Waals surface area contributed by atoms with Gasteiger partial charge in [0.1, 0.15) is 0 Å². The van der Waals surface area contributed by atoms with Gasteiger partial charge in [-0.3, -0.25) is 4.79 Å². The third-order valence-corrected chi connectivity index (χ3v) is 8.98. The summed E-state index contributed by atoms with van der Waals surface area (Å²) in [4.78, 5) is 16.2. The largest absolute Gasteiger partial charge is 0.481 e. The topological polar surface area (TPSA) is 50.2 Å². The molecule has 3 aromatic carbocycles. The zero-order valence-electron chi connectivity index (χ0n) is 20.5. The maximum Gasteiger partial charge on any atom is 0.310 e. The average molecular weight is 550 g/mol. The SMILES string of the molecule is O=C(O)C1(CS[C@H](CCc2ccccc2Cl)c2cccc(/C=C/c3ccc4cc(F)c(F)cc4n3)c2)CC1. The van der Waals surface area contributed by atoms with Crippen LogP contribution < -0.4 is 0 Å². The minimum Gasteiger partial charge on any atom is -0.481 e. The van der Waals surface area contributed by atoms with Gasteiger partial charge in [0, 0.05) is 27.5 Å². The van der Waals surface area contributed by atoms with Gasteiger partial charge in [0.05, 0.1) is 16.6 Å². The van der Waals surface area contributed by atoms with E-state index >= 15 is 0 Å².